The van der Waals surface area contributed by atoms with Crippen LogP contribution in [-0.2, 0) is 0 Å². The van der Waals surface area contributed by atoms with Gasteiger partial charge >= 0.3 is 0 Å². The van der Waals surface area contributed by atoms with E-state index in [0.29, 0.717) is 16.8 Å². The van der Waals surface area contributed by atoms with Crippen LogP contribution in [0.25, 0.3) is 11.5 Å². The van der Waals surface area contributed by atoms with Crippen molar-refractivity contribution in [1.82, 2.24) is 15.0 Å². The fraction of sp³-hybridized carbons (Fsp3) is 0.400. The molecule has 2 aromatic rings. The van der Waals surface area contributed by atoms with E-state index in [0.717, 1.165) is 33.7 Å². The molecule has 1 saturated carbocycles. The maximum atomic E-state index is 5.90. The molecule has 1 aliphatic carbocycles. The van der Waals surface area contributed by atoms with Gasteiger partial charge in [-0.1, -0.05) is 18.5 Å². The second-order valence-corrected chi connectivity index (χ2v) is 6.67. The number of halogens is 2. The van der Waals surface area contributed by atoms with Crippen LogP contribution in [0.4, 0.5) is 5.82 Å². The third-order valence-electron chi connectivity index (χ3n) is 3.34. The molecular weight excluding hydrogens is 399 g/mol. The Labute approximate surface area is 142 Å². The lowest BCUT2D eigenvalue weighted by Gasteiger charge is -2.12. The molecule has 0 bridgehead atoms. The van der Waals surface area contributed by atoms with Gasteiger partial charge in [-0.15, -0.1) is 0 Å². The van der Waals surface area contributed by atoms with Gasteiger partial charge in [0.1, 0.15) is 11.5 Å². The van der Waals surface area contributed by atoms with Crippen molar-refractivity contribution in [1.29, 1.82) is 0 Å². The van der Waals surface area contributed by atoms with Crippen molar-refractivity contribution < 1.29 is 0 Å². The molecule has 0 aromatic carbocycles. The van der Waals surface area contributed by atoms with Crippen LogP contribution in [0.3, 0.4) is 0 Å². The van der Waals surface area contributed by atoms with Crippen LogP contribution >= 0.6 is 34.2 Å². The fourth-order valence-electron chi connectivity index (χ4n) is 2.07. The number of hydrogen-bond donors (Lipinski definition) is 1. The van der Waals surface area contributed by atoms with Crippen molar-refractivity contribution in [2.75, 3.05) is 11.9 Å². The summed E-state index contributed by atoms with van der Waals surface area (Å²) >= 11 is 8.25. The van der Waals surface area contributed by atoms with Crippen LogP contribution in [0, 0.1) is 3.57 Å². The molecular formula is C15H16ClIN4. The average molecular weight is 415 g/mol. The zero-order chi connectivity index (χ0) is 14.8. The van der Waals surface area contributed by atoms with Crippen LogP contribution in [0.5, 0.6) is 0 Å². The van der Waals surface area contributed by atoms with Gasteiger partial charge in [-0.2, -0.15) is 0 Å². The van der Waals surface area contributed by atoms with Crippen LogP contribution in [0.15, 0.2) is 18.3 Å². The summed E-state index contributed by atoms with van der Waals surface area (Å²) in [6, 6.07) is 3.69. The zero-order valence-corrected chi connectivity index (χ0v) is 14.6. The van der Waals surface area contributed by atoms with Gasteiger partial charge in [0.05, 0.1) is 14.3 Å². The summed E-state index contributed by atoms with van der Waals surface area (Å²) in [6.07, 6.45) is 5.13. The summed E-state index contributed by atoms with van der Waals surface area (Å²) in [5.41, 5.74) is 1.91. The lowest BCUT2D eigenvalue weighted by molar-refractivity contribution is 0.936. The maximum Gasteiger partial charge on any atom is 0.180 e. The first-order chi connectivity index (χ1) is 10.2. The molecule has 0 unspecified atom stereocenters. The highest BCUT2D eigenvalue weighted by atomic mass is 127. The first-order valence-electron chi connectivity index (χ1n) is 7.12. The topological polar surface area (TPSA) is 50.7 Å². The molecule has 2 aromatic heterocycles. The van der Waals surface area contributed by atoms with E-state index in [1.54, 1.807) is 6.20 Å². The average Bonchev–Trinajstić information content (AvgIpc) is 3.32. The van der Waals surface area contributed by atoms with Crippen LogP contribution in [0.1, 0.15) is 37.8 Å². The Morgan fingerprint density at radius 2 is 2.14 bits per heavy atom. The minimum Gasteiger partial charge on any atom is -0.369 e. The molecule has 0 radical (unpaired) electrons. The number of hydrogen-bond acceptors (Lipinski definition) is 4. The fourth-order valence-corrected chi connectivity index (χ4v) is 3.06. The van der Waals surface area contributed by atoms with E-state index in [9.17, 15) is 0 Å². The third-order valence-corrected chi connectivity index (χ3v) is 4.63. The monoisotopic (exact) mass is 414 g/mol. The number of aromatic nitrogens is 3. The Morgan fingerprint density at radius 3 is 2.76 bits per heavy atom. The summed E-state index contributed by atoms with van der Waals surface area (Å²) < 4.78 is 1.14. The molecule has 0 atom stereocenters. The van der Waals surface area contributed by atoms with E-state index in [4.69, 9.17) is 16.6 Å². The summed E-state index contributed by atoms with van der Waals surface area (Å²) in [5, 5.41) is 4.02. The first-order valence-corrected chi connectivity index (χ1v) is 8.58. The van der Waals surface area contributed by atoms with Gasteiger partial charge < -0.3 is 5.32 Å². The Morgan fingerprint density at radius 1 is 1.33 bits per heavy atom. The number of nitrogens with zero attached hydrogens (tertiary/aromatic N) is 3. The molecule has 1 aliphatic rings. The summed E-state index contributed by atoms with van der Waals surface area (Å²) in [4.78, 5) is 13.7. The molecule has 1 fully saturated rings. The second-order valence-electron chi connectivity index (χ2n) is 5.16. The van der Waals surface area contributed by atoms with Gasteiger partial charge in [0.2, 0.25) is 0 Å². The number of rotatable bonds is 5. The Hall–Kier alpha value is -0.950. The molecule has 0 saturated heterocycles. The highest BCUT2D eigenvalue weighted by Crippen LogP contribution is 2.42. The molecule has 2 heterocycles. The third kappa shape index (κ3) is 3.45. The van der Waals surface area contributed by atoms with Gasteiger partial charge in [-0.25, -0.2) is 9.97 Å². The second kappa shape index (κ2) is 6.44. The van der Waals surface area contributed by atoms with Crippen molar-refractivity contribution in [3.63, 3.8) is 0 Å². The largest absolute Gasteiger partial charge is 0.369 e. The van der Waals surface area contributed by atoms with E-state index in [1.807, 2.05) is 12.1 Å². The lowest BCUT2D eigenvalue weighted by atomic mass is 10.2. The van der Waals surface area contributed by atoms with Crippen molar-refractivity contribution in [3.05, 3.63) is 32.6 Å². The minimum atomic E-state index is 0.577. The SMILES string of the molecule is CCCNc1nc(-c2ccc(Cl)cn2)nc(C2CC2)c1I. The lowest BCUT2D eigenvalue weighted by Crippen LogP contribution is -2.09. The Bertz CT molecular complexity index is 641. The van der Waals surface area contributed by atoms with E-state index >= 15 is 0 Å². The standard InChI is InChI=1S/C15H16ClIN4/c1-2-7-18-15-12(17)13(9-3-4-9)20-14(21-15)11-6-5-10(16)8-19-11/h5-6,8-9H,2-4,7H2,1H3,(H,18,20,21). The molecule has 6 heteroatoms. The predicted octanol–water partition coefficient (Wildman–Crippen LogP) is 4.50. The summed E-state index contributed by atoms with van der Waals surface area (Å²) in [6.45, 7) is 3.05. The molecule has 21 heavy (non-hydrogen) atoms. The van der Waals surface area contributed by atoms with Gasteiger partial charge in [0, 0.05) is 18.7 Å². The molecule has 0 spiro atoms. The van der Waals surface area contributed by atoms with Gasteiger partial charge in [-0.05, 0) is 54.0 Å². The molecule has 110 valence electrons. The van der Waals surface area contributed by atoms with Crippen LogP contribution in [0.2, 0.25) is 5.02 Å². The minimum absolute atomic E-state index is 0.577. The Balaban J connectivity index is 2.03. The smallest absolute Gasteiger partial charge is 0.180 e. The van der Waals surface area contributed by atoms with Gasteiger partial charge in [0.15, 0.2) is 5.82 Å². The number of pyridine rings is 1. The maximum absolute atomic E-state index is 5.90. The molecule has 0 aliphatic heterocycles. The molecule has 0 amide bonds. The molecule has 3 rings (SSSR count). The predicted molar refractivity (Wildman–Crippen MR) is 93.7 cm³/mol. The highest BCUT2D eigenvalue weighted by Gasteiger charge is 2.29. The van der Waals surface area contributed by atoms with Gasteiger partial charge in [0.25, 0.3) is 0 Å². The summed E-state index contributed by atoms with van der Waals surface area (Å²) in [7, 11) is 0. The first kappa shape index (κ1) is 15.0. The van der Waals surface area contributed by atoms with E-state index in [1.165, 1.54) is 12.8 Å². The summed E-state index contributed by atoms with van der Waals surface area (Å²) in [5.74, 6) is 2.17. The van der Waals surface area contributed by atoms with Crippen LogP contribution < -0.4 is 5.32 Å². The zero-order valence-electron chi connectivity index (χ0n) is 11.7. The van der Waals surface area contributed by atoms with Crippen molar-refractivity contribution in [2.24, 2.45) is 0 Å². The number of nitrogens with one attached hydrogen (secondary N) is 1. The van der Waals surface area contributed by atoms with E-state index in [-0.39, 0.29) is 0 Å². The van der Waals surface area contributed by atoms with E-state index < -0.39 is 0 Å². The van der Waals surface area contributed by atoms with Crippen molar-refractivity contribution in [2.45, 2.75) is 32.1 Å². The van der Waals surface area contributed by atoms with Crippen molar-refractivity contribution >= 4 is 40.0 Å². The van der Waals surface area contributed by atoms with E-state index in [2.05, 4.69) is 44.8 Å². The number of anilines is 1. The molecule has 1 N–H and O–H groups in total. The highest BCUT2D eigenvalue weighted by molar-refractivity contribution is 14.1. The molecule has 4 nitrogen and oxygen atoms in total. The van der Waals surface area contributed by atoms with Crippen LogP contribution in [-0.4, -0.2) is 21.5 Å². The van der Waals surface area contributed by atoms with Crippen molar-refractivity contribution in [3.8, 4) is 11.5 Å². The normalized spacial score (nSPS) is 14.2. The Kier molecular flexibility index (Phi) is 4.59. The quantitative estimate of drug-likeness (QED) is 0.732. The van der Waals surface area contributed by atoms with Gasteiger partial charge in [-0.3, -0.25) is 4.98 Å².